The number of hydrogen-bond acceptors (Lipinski definition) is 9. The normalized spacial score (nSPS) is 20.1. The fourth-order valence-corrected chi connectivity index (χ4v) is 6.87. The number of amides is 1. The number of carbonyl (C=O) groups excluding carboxylic acids is 1. The lowest BCUT2D eigenvalue weighted by atomic mass is 10.1. The fraction of sp³-hybridized carbons (Fsp3) is 0.310. The molecule has 0 bridgehead atoms. The Balaban J connectivity index is 0.919. The highest BCUT2D eigenvalue weighted by molar-refractivity contribution is 5.96. The van der Waals surface area contributed by atoms with Gasteiger partial charge in [0, 0.05) is 11.4 Å². The second-order valence-corrected chi connectivity index (χ2v) is 12.9. The fourth-order valence-electron chi connectivity index (χ4n) is 6.87. The van der Waals surface area contributed by atoms with Crippen LogP contribution in [0.15, 0.2) is 110 Å². The minimum Gasteiger partial charge on any atom is -0.493 e. The van der Waals surface area contributed by atoms with Crippen LogP contribution in [0.1, 0.15) is 22.3 Å². The monoisotopic (exact) mass is 704 g/mol. The Kier molecular flexibility index (Phi) is 11.3. The number of carbonyl (C=O) groups is 1. The molecule has 3 N–H and O–H groups in total. The van der Waals surface area contributed by atoms with E-state index in [0.717, 1.165) is 24.1 Å². The molecule has 3 atom stereocenters. The minimum absolute atomic E-state index is 0.109. The van der Waals surface area contributed by atoms with E-state index in [0.29, 0.717) is 5.69 Å². The molecule has 0 saturated carbocycles. The molecule has 10 nitrogen and oxygen atoms in total. The molecule has 1 fully saturated rings. The van der Waals surface area contributed by atoms with Crippen molar-refractivity contribution in [2.24, 2.45) is 0 Å². The summed E-state index contributed by atoms with van der Waals surface area (Å²) in [5, 5.41) is 17.3. The minimum atomic E-state index is -1.14. The van der Waals surface area contributed by atoms with Crippen LogP contribution < -0.4 is 10.6 Å². The Morgan fingerprint density at radius 2 is 1.13 bits per heavy atom. The largest absolute Gasteiger partial charge is 0.493 e. The van der Waals surface area contributed by atoms with Gasteiger partial charge in [-0.1, -0.05) is 73.8 Å². The zero-order chi connectivity index (χ0) is 35.9. The van der Waals surface area contributed by atoms with Crippen LogP contribution in [0.25, 0.3) is 22.3 Å². The number of nitrogens with one attached hydrogen (secondary N) is 2. The Labute approximate surface area is 304 Å². The predicted octanol–water partition coefficient (Wildman–Crippen LogP) is 6.08. The van der Waals surface area contributed by atoms with E-state index in [1.807, 2.05) is 42.5 Å². The summed E-state index contributed by atoms with van der Waals surface area (Å²) in [4.78, 5) is 13.4. The van der Waals surface area contributed by atoms with Crippen LogP contribution in [0.3, 0.4) is 0 Å². The molecule has 3 unspecified atom stereocenters. The first-order chi connectivity index (χ1) is 25.4. The molecule has 0 radical (unpaired) electrons. The van der Waals surface area contributed by atoms with Crippen molar-refractivity contribution < 1.29 is 38.3 Å². The van der Waals surface area contributed by atoms with Crippen molar-refractivity contribution in [3.05, 3.63) is 132 Å². The first-order valence-corrected chi connectivity index (χ1v) is 17.6. The van der Waals surface area contributed by atoms with Crippen molar-refractivity contribution in [2.75, 3.05) is 63.5 Å². The first kappa shape index (κ1) is 35.4. The zero-order valence-electron chi connectivity index (χ0n) is 29.1. The van der Waals surface area contributed by atoms with E-state index in [9.17, 15) is 9.90 Å². The van der Waals surface area contributed by atoms with Gasteiger partial charge in [0.1, 0.15) is 24.7 Å². The molecular weight excluding hydrogens is 660 g/mol. The van der Waals surface area contributed by atoms with Gasteiger partial charge in [0.05, 0.1) is 39.6 Å². The summed E-state index contributed by atoms with van der Waals surface area (Å²) in [6.07, 6.45) is -1.44. The first-order valence-electron chi connectivity index (χ1n) is 17.6. The number of aliphatic hydroxyl groups excluding tert-OH is 1. The van der Waals surface area contributed by atoms with Crippen LogP contribution in [0.5, 0.6) is 0 Å². The summed E-state index contributed by atoms with van der Waals surface area (Å²) >= 11 is 0. The van der Waals surface area contributed by atoms with Gasteiger partial charge >= 0.3 is 0 Å². The number of anilines is 2. The van der Waals surface area contributed by atoms with E-state index in [4.69, 9.17) is 28.4 Å². The average molecular weight is 705 g/mol. The van der Waals surface area contributed by atoms with E-state index < -0.39 is 24.3 Å². The van der Waals surface area contributed by atoms with Crippen molar-refractivity contribution >= 4 is 17.3 Å². The van der Waals surface area contributed by atoms with Crippen molar-refractivity contribution in [2.45, 2.75) is 31.3 Å². The van der Waals surface area contributed by atoms with Crippen molar-refractivity contribution in [3.8, 4) is 22.3 Å². The van der Waals surface area contributed by atoms with E-state index in [-0.39, 0.29) is 64.4 Å². The highest BCUT2D eigenvalue weighted by atomic mass is 16.6. The molecule has 52 heavy (non-hydrogen) atoms. The standard InChI is InChI=1S/C42H44N2O8/c1-27-39(41(45)43-33-11-13-37-31(25-33)23-29-7-3-5-9-35(29)37)51-21-17-48-16-20-50-28(2)40(52-22-18-47-15-19-49-27)42(46)44-34-12-14-38-32(26-34)24-30-8-4-6-10-36(30)38/h3-14,25-26,39-41,43,45H,1-2,15-24H2,(H,44,46). The maximum absolute atomic E-state index is 13.4. The van der Waals surface area contributed by atoms with Gasteiger partial charge in [0.2, 0.25) is 0 Å². The molecule has 1 aliphatic heterocycles. The van der Waals surface area contributed by atoms with E-state index in [1.54, 1.807) is 0 Å². The van der Waals surface area contributed by atoms with Crippen LogP contribution in [0.4, 0.5) is 11.4 Å². The predicted molar refractivity (Wildman–Crippen MR) is 199 cm³/mol. The molecule has 10 heteroatoms. The number of benzene rings is 4. The molecular formula is C42H44N2O8. The Bertz CT molecular complexity index is 1930. The molecule has 4 aromatic carbocycles. The zero-order valence-corrected chi connectivity index (χ0v) is 29.1. The van der Waals surface area contributed by atoms with Crippen molar-refractivity contribution in [1.29, 1.82) is 0 Å². The van der Waals surface area contributed by atoms with Crippen LogP contribution >= 0.6 is 0 Å². The van der Waals surface area contributed by atoms with Gasteiger partial charge in [-0.25, -0.2) is 0 Å². The molecule has 4 aromatic rings. The smallest absolute Gasteiger partial charge is 0.261 e. The van der Waals surface area contributed by atoms with Gasteiger partial charge in [-0.3, -0.25) is 4.79 Å². The molecule has 3 aliphatic rings. The lowest BCUT2D eigenvalue weighted by Gasteiger charge is -2.27. The summed E-state index contributed by atoms with van der Waals surface area (Å²) in [7, 11) is 0. The Morgan fingerprint density at radius 3 is 1.79 bits per heavy atom. The van der Waals surface area contributed by atoms with Crippen LogP contribution in [-0.2, 0) is 46.1 Å². The van der Waals surface area contributed by atoms with Crippen molar-refractivity contribution in [1.82, 2.24) is 0 Å². The average Bonchev–Trinajstić information content (AvgIpc) is 3.70. The van der Waals surface area contributed by atoms with E-state index in [1.165, 1.54) is 38.9 Å². The Hall–Kier alpha value is -4.97. The number of aliphatic hydroxyl groups is 1. The molecule has 2 aliphatic carbocycles. The van der Waals surface area contributed by atoms with Gasteiger partial charge < -0.3 is 44.2 Å². The van der Waals surface area contributed by atoms with Crippen LogP contribution in [0, 0.1) is 0 Å². The molecule has 1 amide bonds. The summed E-state index contributed by atoms with van der Waals surface area (Å²) in [5.41, 5.74) is 11.2. The summed E-state index contributed by atoms with van der Waals surface area (Å²) < 4.78 is 35.0. The molecule has 1 saturated heterocycles. The van der Waals surface area contributed by atoms with Gasteiger partial charge in [0.25, 0.3) is 5.91 Å². The van der Waals surface area contributed by atoms with Gasteiger partial charge in [0.15, 0.2) is 18.4 Å². The summed E-state index contributed by atoms with van der Waals surface area (Å²) in [6, 6.07) is 28.7. The summed E-state index contributed by atoms with van der Waals surface area (Å²) in [6.45, 7) is 9.44. The number of fused-ring (bicyclic) bond motifs is 6. The third-order valence-electron chi connectivity index (χ3n) is 9.37. The number of hydrogen-bond donors (Lipinski definition) is 3. The highest BCUT2D eigenvalue weighted by Crippen LogP contribution is 2.39. The van der Waals surface area contributed by atoms with E-state index >= 15 is 0 Å². The topological polar surface area (TPSA) is 117 Å². The quantitative estimate of drug-likeness (QED) is 0.184. The van der Waals surface area contributed by atoms with Gasteiger partial charge in [-0.2, -0.15) is 0 Å². The summed E-state index contributed by atoms with van der Waals surface area (Å²) in [5.74, 6) is 0.0182. The molecule has 270 valence electrons. The third kappa shape index (κ3) is 8.22. The molecule has 7 rings (SSSR count). The lowest BCUT2D eigenvalue weighted by Crippen LogP contribution is -2.38. The second kappa shape index (κ2) is 16.6. The molecule has 1 heterocycles. The Morgan fingerprint density at radius 1 is 0.615 bits per heavy atom. The van der Waals surface area contributed by atoms with E-state index in [2.05, 4.69) is 66.3 Å². The van der Waals surface area contributed by atoms with Crippen LogP contribution in [0.2, 0.25) is 0 Å². The number of rotatable bonds is 5. The SMILES string of the molecule is C=C1OCCOCCOC(C(O)Nc2ccc3c(c2)Cc2ccccc2-3)C(=C)OCCOCCOC1C(=O)Nc1ccc2c(c1)Cc1ccccc1-2. The maximum atomic E-state index is 13.4. The van der Waals surface area contributed by atoms with Gasteiger partial charge in [-0.15, -0.1) is 0 Å². The highest BCUT2D eigenvalue weighted by Gasteiger charge is 2.28. The third-order valence-corrected chi connectivity index (χ3v) is 9.37. The second-order valence-electron chi connectivity index (χ2n) is 12.9. The maximum Gasteiger partial charge on any atom is 0.261 e. The molecule has 0 spiro atoms. The number of ether oxygens (including phenoxy) is 6. The van der Waals surface area contributed by atoms with Gasteiger partial charge in [-0.05, 0) is 81.6 Å². The lowest BCUT2D eigenvalue weighted by molar-refractivity contribution is -0.129. The van der Waals surface area contributed by atoms with Crippen LogP contribution in [-0.4, -0.2) is 82.3 Å². The molecule has 0 aromatic heterocycles. The van der Waals surface area contributed by atoms with Crippen molar-refractivity contribution in [3.63, 3.8) is 0 Å².